The molecule has 0 spiro atoms. The molecular formula is C42H44F6N6O4. The summed E-state index contributed by atoms with van der Waals surface area (Å²) < 4.78 is 94.8. The SMILES string of the molecule is O=C(NC1(C(=O)O)C2CCC3CC(C2)CC1C3)c1cnc(-c2cn(C3CCC(F)(F)CC3)c3cc(OC4CCN(c5ccc(F)cn5)CC4)ccc23)nc1C(F)(F)F. The normalized spacial score (nSPS) is 27.4. The van der Waals surface area contributed by atoms with Gasteiger partial charge in [-0.05, 0) is 92.9 Å². The zero-order valence-corrected chi connectivity index (χ0v) is 31.7. The number of carbonyl (C=O) groups is 2. The topological polar surface area (TPSA) is 122 Å². The van der Waals surface area contributed by atoms with Gasteiger partial charge in [-0.25, -0.2) is 32.9 Å². The van der Waals surface area contributed by atoms with Gasteiger partial charge in [0.1, 0.15) is 29.0 Å². The van der Waals surface area contributed by atoms with E-state index in [0.29, 0.717) is 85.9 Å². The van der Waals surface area contributed by atoms with Crippen LogP contribution in [0.15, 0.2) is 48.9 Å². The Kier molecular flexibility index (Phi) is 9.61. The van der Waals surface area contributed by atoms with Crippen LogP contribution in [0.4, 0.5) is 32.2 Å². The van der Waals surface area contributed by atoms with Gasteiger partial charge in [0, 0.05) is 74.2 Å². The molecule has 3 aromatic heterocycles. The number of benzene rings is 1. The van der Waals surface area contributed by atoms with Crippen LogP contribution in [0.2, 0.25) is 0 Å². The second-order valence-electron chi connectivity index (χ2n) is 17.1. The van der Waals surface area contributed by atoms with E-state index in [1.165, 1.54) is 12.3 Å². The molecule has 2 N–H and O–H groups in total. The molecule has 5 unspecified atom stereocenters. The van der Waals surface area contributed by atoms with Crippen LogP contribution in [-0.4, -0.2) is 67.2 Å². The number of pyridine rings is 1. The fourth-order valence-electron chi connectivity index (χ4n) is 10.9. The van der Waals surface area contributed by atoms with Crippen molar-refractivity contribution in [2.45, 2.75) is 107 Å². The Balaban J connectivity index is 1.03. The van der Waals surface area contributed by atoms with Crippen molar-refractivity contribution in [3.05, 3.63) is 66.0 Å². The quantitative estimate of drug-likeness (QED) is 0.169. The highest BCUT2D eigenvalue weighted by Crippen LogP contribution is 2.56. The van der Waals surface area contributed by atoms with Crippen molar-refractivity contribution in [1.29, 1.82) is 0 Å². The fourth-order valence-corrected chi connectivity index (χ4v) is 10.9. The van der Waals surface area contributed by atoms with E-state index in [1.807, 2.05) is 4.90 Å². The lowest BCUT2D eigenvalue weighted by molar-refractivity contribution is -0.154. The Hall–Kier alpha value is -4.89. The molecule has 6 aliphatic rings. The van der Waals surface area contributed by atoms with E-state index in [9.17, 15) is 41.0 Å². The zero-order valence-electron chi connectivity index (χ0n) is 31.7. The van der Waals surface area contributed by atoms with Gasteiger partial charge in [-0.3, -0.25) is 4.79 Å². The highest BCUT2D eigenvalue weighted by molar-refractivity contribution is 6.00. The average molecular weight is 811 g/mol. The molecule has 1 aromatic carbocycles. The third-order valence-electron chi connectivity index (χ3n) is 13.6. The predicted molar refractivity (Wildman–Crippen MR) is 200 cm³/mol. The number of nitrogens with zero attached hydrogens (tertiary/aromatic N) is 5. The monoisotopic (exact) mass is 810 g/mol. The fraction of sp³-hybridized carbons (Fsp3) is 0.548. The Bertz CT molecular complexity index is 2200. The number of hydrogen-bond acceptors (Lipinski definition) is 7. The van der Waals surface area contributed by atoms with Gasteiger partial charge in [0.2, 0.25) is 5.92 Å². The van der Waals surface area contributed by atoms with Crippen LogP contribution in [0, 0.1) is 29.5 Å². The molecule has 16 heteroatoms. The van der Waals surface area contributed by atoms with Crippen molar-refractivity contribution >= 4 is 28.6 Å². The number of fused-ring (bicyclic) bond motifs is 2. The van der Waals surface area contributed by atoms with Crippen LogP contribution >= 0.6 is 0 Å². The van der Waals surface area contributed by atoms with Gasteiger partial charge in [0.05, 0.1) is 17.3 Å². The summed E-state index contributed by atoms with van der Waals surface area (Å²) in [6, 6.07) is 7.74. The molecular weight excluding hydrogens is 766 g/mol. The molecule has 1 aliphatic heterocycles. The minimum atomic E-state index is -5.10. The molecule has 4 aromatic rings. The maximum absolute atomic E-state index is 14.9. The number of ether oxygens (including phenoxy) is 1. The first-order chi connectivity index (χ1) is 27.7. The van der Waals surface area contributed by atoms with E-state index >= 15 is 0 Å². The molecule has 4 heterocycles. The molecule has 10 rings (SSSR count). The number of amides is 1. The van der Waals surface area contributed by atoms with E-state index in [1.54, 1.807) is 35.0 Å². The third kappa shape index (κ3) is 7.03. The first-order valence-electron chi connectivity index (χ1n) is 20.2. The zero-order chi connectivity index (χ0) is 40.6. The molecule has 0 radical (unpaired) electrons. The lowest BCUT2D eigenvalue weighted by atomic mass is 9.58. The number of anilines is 1. The molecule has 4 bridgehead atoms. The number of nitrogens with one attached hydrogen (secondary N) is 1. The molecule has 5 atom stereocenters. The van der Waals surface area contributed by atoms with E-state index in [0.717, 1.165) is 19.0 Å². The van der Waals surface area contributed by atoms with Crippen LogP contribution in [0.25, 0.3) is 22.3 Å². The van der Waals surface area contributed by atoms with Crippen molar-refractivity contribution in [2.24, 2.45) is 23.7 Å². The molecule has 1 amide bonds. The highest BCUT2D eigenvalue weighted by Gasteiger charge is 2.60. The summed E-state index contributed by atoms with van der Waals surface area (Å²) in [6.07, 6.45) is 3.40. The number of aliphatic carboxylic acids is 1. The van der Waals surface area contributed by atoms with E-state index < -0.39 is 52.5 Å². The summed E-state index contributed by atoms with van der Waals surface area (Å²) >= 11 is 0. The van der Waals surface area contributed by atoms with Gasteiger partial charge in [-0.15, -0.1) is 0 Å². The summed E-state index contributed by atoms with van der Waals surface area (Å²) in [5.41, 5.74) is -3.27. The second-order valence-corrected chi connectivity index (χ2v) is 17.1. The number of piperidine rings is 1. The standard InChI is InChI=1S/C42H44F6N6O4/c43-27-3-6-35(49-20-27)53-13-9-29(10-14-53)58-30-4-5-31-33(22-54(34(31)19-30)28-7-11-40(44,45)12-8-28)37-50-21-32(36(51-37)42(46,47)48)38(55)52-41(39(56)57)25-2-1-23-15-24(17-25)18-26(41)16-23/h3-6,19-26,28-29H,1-2,7-18H2,(H,52,55)(H,56,57). The highest BCUT2D eigenvalue weighted by atomic mass is 19.4. The number of hydrogen-bond donors (Lipinski definition) is 2. The first-order valence-corrected chi connectivity index (χ1v) is 20.2. The van der Waals surface area contributed by atoms with Crippen molar-refractivity contribution < 1.29 is 45.8 Å². The van der Waals surface area contributed by atoms with Crippen molar-refractivity contribution in [3.63, 3.8) is 0 Å². The van der Waals surface area contributed by atoms with Gasteiger partial charge in [0.15, 0.2) is 11.5 Å². The summed E-state index contributed by atoms with van der Waals surface area (Å²) in [6.45, 7) is 1.24. The van der Waals surface area contributed by atoms with Crippen LogP contribution in [0.1, 0.15) is 99.1 Å². The van der Waals surface area contributed by atoms with Crippen LogP contribution in [-0.2, 0) is 11.0 Å². The average Bonchev–Trinajstić information content (AvgIpc) is 3.44. The van der Waals surface area contributed by atoms with Crippen LogP contribution in [0.3, 0.4) is 0 Å². The van der Waals surface area contributed by atoms with Gasteiger partial charge >= 0.3 is 12.1 Å². The Labute approximate surface area is 330 Å². The minimum absolute atomic E-state index is 0.139. The molecule has 58 heavy (non-hydrogen) atoms. The van der Waals surface area contributed by atoms with Crippen LogP contribution in [0.5, 0.6) is 5.75 Å². The Morgan fingerprint density at radius 3 is 2.33 bits per heavy atom. The van der Waals surface area contributed by atoms with Crippen LogP contribution < -0.4 is 15.0 Å². The minimum Gasteiger partial charge on any atom is -0.490 e. The Morgan fingerprint density at radius 1 is 0.879 bits per heavy atom. The van der Waals surface area contributed by atoms with Gasteiger partial charge < -0.3 is 24.6 Å². The van der Waals surface area contributed by atoms with Crippen molar-refractivity contribution in [3.8, 4) is 17.1 Å². The first kappa shape index (κ1) is 38.6. The largest absolute Gasteiger partial charge is 0.490 e. The summed E-state index contributed by atoms with van der Waals surface area (Å²) in [5.74, 6) is -4.91. The number of carbonyl (C=O) groups excluding carboxylic acids is 1. The summed E-state index contributed by atoms with van der Waals surface area (Å²) in [5, 5.41) is 13.7. The summed E-state index contributed by atoms with van der Waals surface area (Å²) in [4.78, 5) is 41.4. The van der Waals surface area contributed by atoms with Gasteiger partial charge in [-0.1, -0.05) is 6.42 Å². The predicted octanol–water partition coefficient (Wildman–Crippen LogP) is 8.85. The molecule has 1 saturated heterocycles. The molecule has 5 aliphatic carbocycles. The third-order valence-corrected chi connectivity index (χ3v) is 13.6. The maximum Gasteiger partial charge on any atom is 0.434 e. The van der Waals surface area contributed by atoms with Gasteiger partial charge in [0.25, 0.3) is 5.91 Å². The second kappa shape index (κ2) is 14.4. The lowest BCUT2D eigenvalue weighted by Crippen LogP contribution is -2.66. The summed E-state index contributed by atoms with van der Waals surface area (Å²) in [7, 11) is 0. The van der Waals surface area contributed by atoms with Crippen molar-refractivity contribution in [2.75, 3.05) is 18.0 Å². The van der Waals surface area contributed by atoms with Crippen molar-refractivity contribution in [1.82, 2.24) is 24.8 Å². The number of aromatic nitrogens is 4. The number of halogens is 6. The van der Waals surface area contributed by atoms with E-state index in [-0.39, 0.29) is 55.1 Å². The number of carboxylic acid groups (broad SMARTS) is 1. The van der Waals surface area contributed by atoms with E-state index in [2.05, 4.69) is 20.3 Å². The molecule has 10 nitrogen and oxygen atoms in total. The number of alkyl halides is 5. The maximum atomic E-state index is 14.9. The van der Waals surface area contributed by atoms with E-state index in [4.69, 9.17) is 4.74 Å². The number of rotatable bonds is 8. The molecule has 308 valence electrons. The molecule has 5 saturated carbocycles. The lowest BCUT2D eigenvalue weighted by Gasteiger charge is -2.50. The smallest absolute Gasteiger partial charge is 0.434 e. The number of carboxylic acids is 1. The molecule has 6 fully saturated rings. The Morgan fingerprint density at radius 2 is 1.62 bits per heavy atom. The van der Waals surface area contributed by atoms with Gasteiger partial charge in [-0.2, -0.15) is 13.2 Å².